The summed E-state index contributed by atoms with van der Waals surface area (Å²) in [5, 5.41) is 8.79. The van der Waals surface area contributed by atoms with E-state index in [1.165, 1.54) is 29.2 Å². The molecule has 0 saturated carbocycles. The van der Waals surface area contributed by atoms with E-state index in [-0.39, 0.29) is 30.5 Å². The fourth-order valence-corrected chi connectivity index (χ4v) is 4.65. The van der Waals surface area contributed by atoms with Crippen LogP contribution in [0.15, 0.2) is 95.6 Å². The summed E-state index contributed by atoms with van der Waals surface area (Å²) in [6, 6.07) is 26.1. The number of nitrogens with zero attached hydrogens (tertiary/aromatic N) is 4. The Morgan fingerprint density at radius 2 is 1.72 bits per heavy atom. The maximum absolute atomic E-state index is 13.6. The van der Waals surface area contributed by atoms with Gasteiger partial charge < -0.3 is 4.90 Å². The number of amides is 2. The number of para-hydroxylation sites is 1. The van der Waals surface area contributed by atoms with Crippen molar-refractivity contribution in [1.29, 1.82) is 5.26 Å². The van der Waals surface area contributed by atoms with Crippen molar-refractivity contribution in [2.75, 3.05) is 16.3 Å². The van der Waals surface area contributed by atoms with Gasteiger partial charge in [0.05, 0.1) is 23.4 Å². The third-order valence-electron chi connectivity index (χ3n) is 5.43. The first-order valence-corrected chi connectivity index (χ1v) is 12.2. The van der Waals surface area contributed by atoms with Gasteiger partial charge in [-0.2, -0.15) is 5.26 Å². The van der Waals surface area contributed by atoms with E-state index in [9.17, 15) is 14.0 Å². The second kappa shape index (κ2) is 11.5. The Balaban J connectivity index is 1.65. The molecule has 3 aromatic rings. The van der Waals surface area contributed by atoms with Gasteiger partial charge in [-0.15, -0.1) is 0 Å². The van der Waals surface area contributed by atoms with Crippen molar-refractivity contribution in [2.24, 2.45) is 4.99 Å². The summed E-state index contributed by atoms with van der Waals surface area (Å²) in [4.78, 5) is 34.3. The third kappa shape index (κ3) is 5.70. The van der Waals surface area contributed by atoms with E-state index < -0.39 is 11.1 Å². The Kier molecular flexibility index (Phi) is 7.93. The van der Waals surface area contributed by atoms with Crippen LogP contribution in [0.3, 0.4) is 0 Å². The standard InChI is InChI=1S/C28H23FN4O2S/c1-20(26(34)32(18-8-17-30)23-11-6-3-7-12-23)36-28-31-25(19-21-9-4-2-5-10-21)27(35)33(28)24-15-13-22(29)14-16-24/h2-7,9-16,19-20H,8,18H2,1H3/b25-19-. The molecule has 4 rings (SSSR count). The molecule has 180 valence electrons. The zero-order valence-corrected chi connectivity index (χ0v) is 20.4. The van der Waals surface area contributed by atoms with Crippen LogP contribution >= 0.6 is 11.8 Å². The molecule has 1 atom stereocenters. The lowest BCUT2D eigenvalue weighted by Gasteiger charge is -2.26. The maximum atomic E-state index is 13.6. The first-order valence-electron chi connectivity index (χ1n) is 11.3. The van der Waals surface area contributed by atoms with Crippen LogP contribution in [0.4, 0.5) is 15.8 Å². The van der Waals surface area contributed by atoms with E-state index in [2.05, 4.69) is 11.1 Å². The molecule has 1 heterocycles. The summed E-state index contributed by atoms with van der Waals surface area (Å²) in [6.07, 6.45) is 1.87. The first kappa shape index (κ1) is 24.9. The molecule has 3 aromatic carbocycles. The largest absolute Gasteiger partial charge is 0.310 e. The van der Waals surface area contributed by atoms with Crippen molar-refractivity contribution in [1.82, 2.24) is 0 Å². The number of thioether (sulfide) groups is 1. The Hall–Kier alpha value is -4.22. The summed E-state index contributed by atoms with van der Waals surface area (Å²) in [5.41, 5.74) is 2.17. The molecule has 0 spiro atoms. The molecule has 2 amide bonds. The van der Waals surface area contributed by atoms with Gasteiger partial charge in [0.2, 0.25) is 5.91 Å². The van der Waals surface area contributed by atoms with Crippen molar-refractivity contribution in [3.8, 4) is 6.07 Å². The number of carbonyl (C=O) groups is 2. The molecule has 6 nitrogen and oxygen atoms in total. The minimum atomic E-state index is -0.616. The second-order valence-electron chi connectivity index (χ2n) is 7.95. The molecular formula is C28H23FN4O2S. The number of carbonyl (C=O) groups excluding carboxylic acids is 2. The molecule has 0 aromatic heterocycles. The molecule has 0 fully saturated rings. The van der Waals surface area contributed by atoms with Crippen molar-refractivity contribution >= 4 is 46.2 Å². The molecule has 1 aliphatic heterocycles. The van der Waals surface area contributed by atoms with Crippen molar-refractivity contribution in [3.05, 3.63) is 102 Å². The Bertz CT molecular complexity index is 1340. The molecule has 0 aliphatic carbocycles. The monoisotopic (exact) mass is 498 g/mol. The fraction of sp³-hybridized carbons (Fsp3) is 0.143. The predicted octanol–water partition coefficient (Wildman–Crippen LogP) is 5.64. The number of aliphatic imine (C=N–C) groups is 1. The van der Waals surface area contributed by atoms with Crippen molar-refractivity contribution in [2.45, 2.75) is 18.6 Å². The Morgan fingerprint density at radius 1 is 1.08 bits per heavy atom. The van der Waals surface area contributed by atoms with E-state index in [0.29, 0.717) is 16.5 Å². The highest BCUT2D eigenvalue weighted by atomic mass is 32.2. The molecule has 0 saturated heterocycles. The minimum Gasteiger partial charge on any atom is -0.310 e. The highest BCUT2D eigenvalue weighted by molar-refractivity contribution is 8.15. The second-order valence-corrected chi connectivity index (χ2v) is 9.25. The van der Waals surface area contributed by atoms with Crippen LogP contribution in [-0.4, -0.2) is 28.8 Å². The zero-order chi connectivity index (χ0) is 25.5. The van der Waals surface area contributed by atoms with Crippen LogP contribution in [0.5, 0.6) is 0 Å². The molecule has 0 N–H and O–H groups in total. The number of hydrogen-bond acceptors (Lipinski definition) is 5. The normalized spacial score (nSPS) is 14.9. The molecule has 1 aliphatic rings. The lowest BCUT2D eigenvalue weighted by Crippen LogP contribution is -2.39. The van der Waals surface area contributed by atoms with E-state index in [1.807, 2.05) is 60.7 Å². The number of halogens is 1. The van der Waals surface area contributed by atoms with Crippen LogP contribution in [0.2, 0.25) is 0 Å². The van der Waals surface area contributed by atoms with Gasteiger partial charge in [-0.1, -0.05) is 60.3 Å². The topological polar surface area (TPSA) is 76.8 Å². The number of hydrogen-bond donors (Lipinski definition) is 0. The molecular weight excluding hydrogens is 475 g/mol. The van der Waals surface area contributed by atoms with Gasteiger partial charge in [0.1, 0.15) is 11.5 Å². The van der Waals surface area contributed by atoms with Crippen LogP contribution in [0, 0.1) is 17.1 Å². The predicted molar refractivity (Wildman–Crippen MR) is 142 cm³/mol. The number of amidine groups is 1. The van der Waals surface area contributed by atoms with E-state index in [0.717, 1.165) is 17.3 Å². The Labute approximate surface area is 213 Å². The van der Waals surface area contributed by atoms with Crippen LogP contribution in [0.1, 0.15) is 18.9 Å². The van der Waals surface area contributed by atoms with Crippen molar-refractivity contribution < 1.29 is 14.0 Å². The summed E-state index contributed by atoms with van der Waals surface area (Å²) in [6.45, 7) is 1.99. The Morgan fingerprint density at radius 3 is 2.36 bits per heavy atom. The number of nitriles is 1. The highest BCUT2D eigenvalue weighted by Gasteiger charge is 2.35. The first-order chi connectivity index (χ1) is 17.5. The van der Waals surface area contributed by atoms with Gasteiger partial charge in [0, 0.05) is 12.2 Å². The number of benzene rings is 3. The van der Waals surface area contributed by atoms with Crippen LogP contribution in [-0.2, 0) is 9.59 Å². The van der Waals surface area contributed by atoms with Crippen molar-refractivity contribution in [3.63, 3.8) is 0 Å². The van der Waals surface area contributed by atoms with Gasteiger partial charge in [0.15, 0.2) is 5.17 Å². The van der Waals surface area contributed by atoms with E-state index in [1.54, 1.807) is 17.9 Å². The van der Waals surface area contributed by atoms with Crippen LogP contribution < -0.4 is 9.80 Å². The lowest BCUT2D eigenvalue weighted by atomic mass is 10.2. The maximum Gasteiger partial charge on any atom is 0.283 e. The van der Waals surface area contributed by atoms with Gasteiger partial charge >= 0.3 is 0 Å². The van der Waals surface area contributed by atoms with Gasteiger partial charge in [-0.05, 0) is 55.0 Å². The fourth-order valence-electron chi connectivity index (χ4n) is 3.66. The van der Waals surface area contributed by atoms with Gasteiger partial charge in [-0.25, -0.2) is 9.38 Å². The van der Waals surface area contributed by atoms with Crippen LogP contribution in [0.25, 0.3) is 6.08 Å². The number of rotatable bonds is 7. The third-order valence-corrected chi connectivity index (χ3v) is 6.47. The quantitative estimate of drug-likeness (QED) is 0.395. The highest BCUT2D eigenvalue weighted by Crippen LogP contribution is 2.32. The number of anilines is 2. The molecule has 36 heavy (non-hydrogen) atoms. The average Bonchev–Trinajstić information content (AvgIpc) is 3.20. The summed E-state index contributed by atoms with van der Waals surface area (Å²) < 4.78 is 13.6. The van der Waals surface area contributed by atoms with Gasteiger partial charge in [-0.3, -0.25) is 14.5 Å². The minimum absolute atomic E-state index is 0.184. The SMILES string of the molecule is CC(SC1=N/C(=C\c2ccccc2)C(=O)N1c1ccc(F)cc1)C(=O)N(CCC#N)c1ccccc1. The summed E-state index contributed by atoms with van der Waals surface area (Å²) >= 11 is 1.14. The zero-order valence-electron chi connectivity index (χ0n) is 19.5. The molecule has 0 radical (unpaired) electrons. The average molecular weight is 499 g/mol. The molecule has 0 bridgehead atoms. The van der Waals surface area contributed by atoms with E-state index >= 15 is 0 Å². The molecule has 1 unspecified atom stereocenters. The molecule has 8 heteroatoms. The smallest absolute Gasteiger partial charge is 0.283 e. The summed E-state index contributed by atoms with van der Waals surface area (Å²) in [5.74, 6) is -0.996. The summed E-state index contributed by atoms with van der Waals surface area (Å²) in [7, 11) is 0. The van der Waals surface area contributed by atoms with Gasteiger partial charge in [0.25, 0.3) is 5.91 Å². The van der Waals surface area contributed by atoms with E-state index in [4.69, 9.17) is 5.26 Å². The lowest BCUT2D eigenvalue weighted by molar-refractivity contribution is -0.118.